The van der Waals surface area contributed by atoms with Crippen molar-refractivity contribution in [2.75, 3.05) is 11.8 Å². The van der Waals surface area contributed by atoms with Crippen LogP contribution in [0.15, 0.2) is 78.0 Å². The highest BCUT2D eigenvalue weighted by Gasteiger charge is 2.22. The Balaban J connectivity index is 0.00000341. The average molecular weight is 428 g/mol. The van der Waals surface area contributed by atoms with Gasteiger partial charge in [-0.25, -0.2) is 4.98 Å². The molecule has 1 aromatic heterocycles. The summed E-state index contributed by atoms with van der Waals surface area (Å²) < 4.78 is 33.1. The van der Waals surface area contributed by atoms with Gasteiger partial charge in [0.15, 0.2) is 5.03 Å². The Kier molecular flexibility index (Phi) is 6.68. The molecular formula is C22H25N3O4S. The van der Waals surface area contributed by atoms with Crippen molar-refractivity contribution in [3.63, 3.8) is 0 Å². The fourth-order valence-corrected chi connectivity index (χ4v) is 4.00. The maximum atomic E-state index is 13.1. The smallest absolute Gasteiger partial charge is 0.279 e. The number of aromatic nitrogens is 1. The van der Waals surface area contributed by atoms with Crippen molar-refractivity contribution in [3.8, 4) is 5.75 Å². The molecule has 1 amide bonds. The van der Waals surface area contributed by atoms with Gasteiger partial charge in [-0.15, -0.1) is 0 Å². The number of nitrogens with one attached hydrogen (secondary N) is 2. The summed E-state index contributed by atoms with van der Waals surface area (Å²) in [6.45, 7) is 1.97. The molecule has 7 nitrogen and oxygen atoms in total. The van der Waals surface area contributed by atoms with Crippen molar-refractivity contribution in [1.29, 1.82) is 0 Å². The summed E-state index contributed by atoms with van der Waals surface area (Å²) >= 11 is 0. The summed E-state index contributed by atoms with van der Waals surface area (Å²) in [4.78, 5) is 17.0. The quantitative estimate of drug-likeness (QED) is 0.566. The van der Waals surface area contributed by atoms with E-state index in [4.69, 9.17) is 4.74 Å². The number of hydrogen-bond acceptors (Lipinski definition) is 5. The maximum Gasteiger partial charge on any atom is 0.279 e. The Bertz CT molecular complexity index is 1110. The van der Waals surface area contributed by atoms with E-state index >= 15 is 0 Å². The Morgan fingerprint density at radius 3 is 2.47 bits per heavy atom. The number of benzene rings is 2. The number of ether oxygens (including phenoxy) is 1. The zero-order valence-electron chi connectivity index (χ0n) is 16.7. The predicted octanol–water partition coefficient (Wildman–Crippen LogP) is 4.02. The summed E-state index contributed by atoms with van der Waals surface area (Å²) in [5, 5.41) is 2.84. The lowest BCUT2D eigenvalue weighted by Gasteiger charge is -2.19. The van der Waals surface area contributed by atoms with Crippen LogP contribution in [0.4, 0.5) is 5.69 Å². The van der Waals surface area contributed by atoms with E-state index in [1.807, 2.05) is 37.3 Å². The summed E-state index contributed by atoms with van der Waals surface area (Å²) in [7, 11) is -2.48. The van der Waals surface area contributed by atoms with E-state index in [1.165, 1.54) is 31.5 Å². The minimum Gasteiger partial charge on any atom is -0.497 e. The van der Waals surface area contributed by atoms with Gasteiger partial charge >= 0.3 is 0 Å². The molecule has 0 saturated carbocycles. The van der Waals surface area contributed by atoms with Gasteiger partial charge in [0.25, 0.3) is 15.9 Å². The number of hydrogen-bond donors (Lipinski definition) is 2. The third-order valence-corrected chi connectivity index (χ3v) is 5.83. The Hall–Kier alpha value is -3.39. The molecule has 0 aliphatic heterocycles. The number of methoxy groups -OCH3 is 1. The molecule has 0 spiro atoms. The number of carbonyl (C=O) groups is 1. The lowest BCUT2D eigenvalue weighted by molar-refractivity contribution is 0.0936. The number of rotatable bonds is 8. The lowest BCUT2D eigenvalue weighted by Crippen LogP contribution is -2.29. The van der Waals surface area contributed by atoms with Crippen LogP contribution in [0.3, 0.4) is 0 Å². The second-order valence-electron chi connectivity index (χ2n) is 6.53. The molecule has 8 heteroatoms. The van der Waals surface area contributed by atoms with E-state index in [-0.39, 0.29) is 23.7 Å². The highest BCUT2D eigenvalue weighted by molar-refractivity contribution is 7.92. The van der Waals surface area contributed by atoms with Gasteiger partial charge < -0.3 is 10.1 Å². The van der Waals surface area contributed by atoms with E-state index in [1.54, 1.807) is 18.2 Å². The molecule has 158 valence electrons. The van der Waals surface area contributed by atoms with Crippen LogP contribution in [0.2, 0.25) is 0 Å². The molecule has 0 unspecified atom stereocenters. The monoisotopic (exact) mass is 427 g/mol. The second kappa shape index (κ2) is 9.41. The molecule has 0 aliphatic rings. The van der Waals surface area contributed by atoms with Crippen LogP contribution in [0, 0.1) is 0 Å². The third kappa shape index (κ3) is 4.96. The highest BCUT2D eigenvalue weighted by atomic mass is 32.2. The largest absolute Gasteiger partial charge is 0.497 e. The molecule has 30 heavy (non-hydrogen) atoms. The number of sulfonamides is 1. The van der Waals surface area contributed by atoms with E-state index in [2.05, 4.69) is 15.0 Å². The highest BCUT2D eigenvalue weighted by Crippen LogP contribution is 2.26. The molecule has 0 fully saturated rings. The molecule has 2 aromatic carbocycles. The van der Waals surface area contributed by atoms with Crippen LogP contribution in [0.1, 0.15) is 36.7 Å². The van der Waals surface area contributed by atoms with Gasteiger partial charge in [0.1, 0.15) is 5.75 Å². The van der Waals surface area contributed by atoms with Gasteiger partial charge in [0.2, 0.25) is 0 Å². The normalized spacial score (nSPS) is 12.1. The van der Waals surface area contributed by atoms with Crippen LogP contribution in [-0.4, -0.2) is 26.4 Å². The summed E-state index contributed by atoms with van der Waals surface area (Å²) in [5.74, 6) is 0.0250. The molecular weight excluding hydrogens is 402 g/mol. The van der Waals surface area contributed by atoms with Crippen LogP contribution in [-0.2, 0) is 10.0 Å². The third-order valence-electron chi connectivity index (χ3n) is 4.54. The summed E-state index contributed by atoms with van der Waals surface area (Å²) in [5.41, 5.74) is 1.26. The van der Waals surface area contributed by atoms with Gasteiger partial charge in [-0.05, 0) is 42.3 Å². The Morgan fingerprint density at radius 2 is 1.83 bits per heavy atom. The van der Waals surface area contributed by atoms with Gasteiger partial charge in [-0.2, -0.15) is 8.42 Å². The zero-order chi connectivity index (χ0) is 21.6. The van der Waals surface area contributed by atoms with Crippen molar-refractivity contribution < 1.29 is 19.4 Å². The average Bonchev–Trinajstić information content (AvgIpc) is 2.78. The van der Waals surface area contributed by atoms with Gasteiger partial charge in [0, 0.05) is 7.62 Å². The van der Waals surface area contributed by atoms with Gasteiger partial charge in [0.05, 0.1) is 24.4 Å². The first-order chi connectivity index (χ1) is 14.4. The Labute approximate surface area is 177 Å². The molecule has 0 saturated heterocycles. The first-order valence-corrected chi connectivity index (χ1v) is 10.9. The SMILES string of the molecule is CC[C@H](NC(=O)c1cc(OC)ccc1NS(=O)(=O)c1ccccn1)c1ccccc1.[HH]. The van der Waals surface area contributed by atoms with E-state index in [0.29, 0.717) is 12.2 Å². The van der Waals surface area contributed by atoms with E-state index < -0.39 is 15.9 Å². The van der Waals surface area contributed by atoms with Crippen molar-refractivity contribution in [2.24, 2.45) is 0 Å². The molecule has 2 N–H and O–H groups in total. The fourth-order valence-electron chi connectivity index (χ4n) is 2.97. The van der Waals surface area contributed by atoms with Crippen LogP contribution in [0.5, 0.6) is 5.75 Å². The minimum absolute atomic E-state index is 0. The topological polar surface area (TPSA) is 97.4 Å². The number of pyridine rings is 1. The van der Waals surface area contributed by atoms with Crippen LogP contribution >= 0.6 is 0 Å². The maximum absolute atomic E-state index is 13.1. The van der Waals surface area contributed by atoms with E-state index in [9.17, 15) is 13.2 Å². The minimum atomic E-state index is -3.96. The van der Waals surface area contributed by atoms with Crippen LogP contribution in [0.25, 0.3) is 0 Å². The second-order valence-corrected chi connectivity index (χ2v) is 8.16. The first-order valence-electron chi connectivity index (χ1n) is 9.42. The lowest BCUT2D eigenvalue weighted by atomic mass is 10.0. The molecule has 0 bridgehead atoms. The number of amides is 1. The fraction of sp³-hybridized carbons (Fsp3) is 0.182. The molecule has 0 radical (unpaired) electrons. The van der Waals surface area contributed by atoms with E-state index in [0.717, 1.165) is 5.56 Å². The Morgan fingerprint density at radius 1 is 1.10 bits per heavy atom. The predicted molar refractivity (Wildman–Crippen MR) is 117 cm³/mol. The van der Waals surface area contributed by atoms with Crippen molar-refractivity contribution in [1.82, 2.24) is 10.3 Å². The molecule has 1 atom stereocenters. The van der Waals surface area contributed by atoms with Crippen molar-refractivity contribution in [2.45, 2.75) is 24.4 Å². The molecule has 0 aliphatic carbocycles. The molecule has 1 heterocycles. The van der Waals surface area contributed by atoms with Crippen molar-refractivity contribution >= 4 is 21.6 Å². The summed E-state index contributed by atoms with van der Waals surface area (Å²) in [6, 6.07) is 18.5. The number of nitrogens with zero attached hydrogens (tertiary/aromatic N) is 1. The standard InChI is InChI=1S/C22H23N3O4S.H2/c1-3-19(16-9-5-4-6-10-16)24-22(26)18-15-17(29-2)12-13-20(18)25-30(27,28)21-11-7-8-14-23-21;/h4-15,19,25H,3H2,1-2H3,(H,24,26);1H/t19-;/m0./s1. The number of anilines is 1. The van der Waals surface area contributed by atoms with Gasteiger partial charge in [-0.1, -0.05) is 43.3 Å². The first kappa shape index (κ1) is 21.3. The summed E-state index contributed by atoms with van der Waals surface area (Å²) in [6.07, 6.45) is 2.07. The van der Waals surface area contributed by atoms with Crippen molar-refractivity contribution in [3.05, 3.63) is 84.1 Å². The van der Waals surface area contributed by atoms with Gasteiger partial charge in [-0.3, -0.25) is 9.52 Å². The number of carbonyl (C=O) groups excluding carboxylic acids is 1. The molecule has 3 rings (SSSR count). The zero-order valence-corrected chi connectivity index (χ0v) is 17.5. The molecule has 3 aromatic rings. The van der Waals surface area contributed by atoms with Crippen LogP contribution < -0.4 is 14.8 Å².